The Hall–Kier alpha value is -1.59. The van der Waals surface area contributed by atoms with Gasteiger partial charge < -0.3 is 4.42 Å². The normalized spacial score (nSPS) is 12.9. The van der Waals surface area contributed by atoms with Crippen molar-refractivity contribution in [3.05, 3.63) is 42.1 Å². The molecule has 2 rings (SSSR count). The second kappa shape index (κ2) is 4.29. The van der Waals surface area contributed by atoms with Crippen molar-refractivity contribution in [2.24, 2.45) is 12.9 Å². The van der Waals surface area contributed by atoms with Crippen LogP contribution in [0.2, 0.25) is 0 Å². The number of nitrogens with two attached hydrogens (primary N) is 1. The highest BCUT2D eigenvalue weighted by Gasteiger charge is 2.12. The Balaban J connectivity index is 2.11. The van der Waals surface area contributed by atoms with Gasteiger partial charge in [-0.25, -0.2) is 0 Å². The number of nitrogens with zero attached hydrogens (tertiary/aromatic N) is 2. The van der Waals surface area contributed by atoms with E-state index < -0.39 is 0 Å². The first-order chi connectivity index (χ1) is 7.29. The molecule has 15 heavy (non-hydrogen) atoms. The standard InChI is InChI=1S/C10H14N4O/c1-14-6-9(5-12-14)10(13-11)4-8-2-3-15-7-8/h2-3,5-7,10,13H,4,11H2,1H3. The van der Waals surface area contributed by atoms with Crippen LogP contribution in [0, 0.1) is 0 Å². The Kier molecular flexibility index (Phi) is 2.84. The number of rotatable bonds is 4. The third-order valence-corrected chi connectivity index (χ3v) is 2.35. The molecule has 2 aromatic rings. The van der Waals surface area contributed by atoms with E-state index in [0.29, 0.717) is 0 Å². The zero-order chi connectivity index (χ0) is 10.7. The van der Waals surface area contributed by atoms with Crippen molar-refractivity contribution in [1.29, 1.82) is 0 Å². The highest BCUT2D eigenvalue weighted by molar-refractivity contribution is 5.16. The third-order valence-electron chi connectivity index (χ3n) is 2.35. The average Bonchev–Trinajstić information content (AvgIpc) is 2.85. The second-order valence-electron chi connectivity index (χ2n) is 3.50. The molecule has 0 aliphatic heterocycles. The zero-order valence-corrected chi connectivity index (χ0v) is 8.55. The molecule has 3 N–H and O–H groups in total. The lowest BCUT2D eigenvalue weighted by atomic mass is 10.0. The van der Waals surface area contributed by atoms with Gasteiger partial charge in [0.2, 0.25) is 0 Å². The predicted octanol–water partition coefficient (Wildman–Crippen LogP) is 0.760. The summed E-state index contributed by atoms with van der Waals surface area (Å²) in [5.41, 5.74) is 4.96. The summed E-state index contributed by atoms with van der Waals surface area (Å²) in [5.74, 6) is 5.51. The largest absolute Gasteiger partial charge is 0.472 e. The van der Waals surface area contributed by atoms with Crippen LogP contribution < -0.4 is 11.3 Å². The third kappa shape index (κ3) is 2.26. The number of aryl methyl sites for hydroxylation is 1. The summed E-state index contributed by atoms with van der Waals surface area (Å²) >= 11 is 0. The summed E-state index contributed by atoms with van der Waals surface area (Å²) in [6, 6.07) is 2.00. The first-order valence-corrected chi connectivity index (χ1v) is 4.75. The Morgan fingerprint density at radius 3 is 3.07 bits per heavy atom. The van der Waals surface area contributed by atoms with E-state index in [0.717, 1.165) is 17.5 Å². The minimum absolute atomic E-state index is 0.0660. The first-order valence-electron chi connectivity index (χ1n) is 4.75. The van der Waals surface area contributed by atoms with Crippen LogP contribution >= 0.6 is 0 Å². The lowest BCUT2D eigenvalue weighted by Crippen LogP contribution is -2.29. The van der Waals surface area contributed by atoms with Crippen molar-refractivity contribution in [1.82, 2.24) is 15.2 Å². The van der Waals surface area contributed by atoms with Crippen molar-refractivity contribution in [2.75, 3.05) is 0 Å². The molecule has 0 aromatic carbocycles. The van der Waals surface area contributed by atoms with Crippen molar-refractivity contribution >= 4 is 0 Å². The van der Waals surface area contributed by atoms with Crippen LogP contribution in [0.1, 0.15) is 17.2 Å². The number of hydrogen-bond donors (Lipinski definition) is 2. The molecule has 0 amide bonds. The maximum absolute atomic E-state index is 5.51. The van der Waals surface area contributed by atoms with Crippen LogP contribution in [0.3, 0.4) is 0 Å². The Morgan fingerprint density at radius 1 is 1.67 bits per heavy atom. The molecule has 1 unspecified atom stereocenters. The molecular weight excluding hydrogens is 192 g/mol. The van der Waals surface area contributed by atoms with E-state index in [2.05, 4.69) is 10.5 Å². The van der Waals surface area contributed by atoms with E-state index in [9.17, 15) is 0 Å². The molecule has 2 heterocycles. The van der Waals surface area contributed by atoms with Gasteiger partial charge in [-0.05, 0) is 18.1 Å². The van der Waals surface area contributed by atoms with Crippen LogP contribution in [0.25, 0.3) is 0 Å². The Morgan fingerprint density at radius 2 is 2.53 bits per heavy atom. The van der Waals surface area contributed by atoms with Gasteiger partial charge in [0.15, 0.2) is 0 Å². The van der Waals surface area contributed by atoms with E-state index in [1.165, 1.54) is 0 Å². The molecule has 1 atom stereocenters. The molecule has 0 fully saturated rings. The van der Waals surface area contributed by atoms with Crippen molar-refractivity contribution < 1.29 is 4.42 Å². The van der Waals surface area contributed by atoms with E-state index in [1.54, 1.807) is 17.2 Å². The maximum Gasteiger partial charge on any atom is 0.0935 e. The smallest absolute Gasteiger partial charge is 0.0935 e. The topological polar surface area (TPSA) is 69.0 Å². The van der Waals surface area contributed by atoms with Gasteiger partial charge in [0.1, 0.15) is 0 Å². The zero-order valence-electron chi connectivity index (χ0n) is 8.55. The van der Waals surface area contributed by atoms with Crippen LogP contribution in [-0.2, 0) is 13.5 Å². The van der Waals surface area contributed by atoms with E-state index in [-0.39, 0.29) is 6.04 Å². The van der Waals surface area contributed by atoms with Gasteiger partial charge in [0.05, 0.1) is 24.8 Å². The van der Waals surface area contributed by atoms with Crippen LogP contribution in [0.4, 0.5) is 0 Å². The fourth-order valence-electron chi connectivity index (χ4n) is 1.54. The van der Waals surface area contributed by atoms with Gasteiger partial charge in [-0.1, -0.05) is 0 Å². The quantitative estimate of drug-likeness (QED) is 0.572. The monoisotopic (exact) mass is 206 g/mol. The van der Waals surface area contributed by atoms with Gasteiger partial charge in [-0.15, -0.1) is 0 Å². The van der Waals surface area contributed by atoms with Gasteiger partial charge in [0, 0.05) is 18.8 Å². The van der Waals surface area contributed by atoms with Gasteiger partial charge in [0.25, 0.3) is 0 Å². The average molecular weight is 206 g/mol. The number of nitrogens with one attached hydrogen (secondary N) is 1. The lowest BCUT2D eigenvalue weighted by molar-refractivity contribution is 0.535. The van der Waals surface area contributed by atoms with Crippen LogP contribution in [-0.4, -0.2) is 9.78 Å². The lowest BCUT2D eigenvalue weighted by Gasteiger charge is -2.12. The maximum atomic E-state index is 5.51. The van der Waals surface area contributed by atoms with Crippen molar-refractivity contribution in [3.63, 3.8) is 0 Å². The highest BCUT2D eigenvalue weighted by Crippen LogP contribution is 2.16. The summed E-state index contributed by atoms with van der Waals surface area (Å²) in [7, 11) is 1.88. The molecule has 2 aromatic heterocycles. The highest BCUT2D eigenvalue weighted by atomic mass is 16.3. The summed E-state index contributed by atoms with van der Waals surface area (Å²) in [6.45, 7) is 0. The molecular formula is C10H14N4O. The molecule has 0 spiro atoms. The number of hydrazine groups is 1. The molecule has 5 heteroatoms. The molecule has 0 saturated heterocycles. The predicted molar refractivity (Wildman–Crippen MR) is 55.7 cm³/mol. The van der Waals surface area contributed by atoms with E-state index >= 15 is 0 Å². The van der Waals surface area contributed by atoms with Crippen molar-refractivity contribution in [2.45, 2.75) is 12.5 Å². The summed E-state index contributed by atoms with van der Waals surface area (Å²) < 4.78 is 6.77. The van der Waals surface area contributed by atoms with E-state index in [4.69, 9.17) is 10.3 Å². The fourth-order valence-corrected chi connectivity index (χ4v) is 1.54. The molecule has 80 valence electrons. The second-order valence-corrected chi connectivity index (χ2v) is 3.50. The van der Waals surface area contributed by atoms with Crippen LogP contribution in [0.15, 0.2) is 35.4 Å². The number of hydrogen-bond acceptors (Lipinski definition) is 4. The minimum Gasteiger partial charge on any atom is -0.472 e. The Bertz CT molecular complexity index is 407. The SMILES string of the molecule is Cn1cc(C(Cc2ccoc2)NN)cn1. The van der Waals surface area contributed by atoms with Crippen molar-refractivity contribution in [3.8, 4) is 0 Å². The molecule has 0 radical (unpaired) electrons. The van der Waals surface area contributed by atoms with Gasteiger partial charge in [-0.3, -0.25) is 16.0 Å². The number of aromatic nitrogens is 2. The van der Waals surface area contributed by atoms with Crippen LogP contribution in [0.5, 0.6) is 0 Å². The molecule has 0 bridgehead atoms. The molecule has 0 aliphatic rings. The molecule has 5 nitrogen and oxygen atoms in total. The minimum atomic E-state index is 0.0660. The summed E-state index contributed by atoms with van der Waals surface area (Å²) in [4.78, 5) is 0. The molecule has 0 aliphatic carbocycles. The Labute approximate surface area is 87.8 Å². The number of furan rings is 1. The first kappa shape index (κ1) is 9.95. The fraction of sp³-hybridized carbons (Fsp3) is 0.300. The summed E-state index contributed by atoms with van der Waals surface area (Å²) in [5, 5.41) is 4.11. The van der Waals surface area contributed by atoms with Gasteiger partial charge >= 0.3 is 0 Å². The molecule has 0 saturated carbocycles. The van der Waals surface area contributed by atoms with Gasteiger partial charge in [-0.2, -0.15) is 5.10 Å². The summed E-state index contributed by atoms with van der Waals surface area (Å²) in [6.07, 6.45) is 7.93. The van der Waals surface area contributed by atoms with E-state index in [1.807, 2.05) is 25.5 Å².